The SMILES string of the molecule is CCCNCc1oc2ccc(-c3ccccc3)cc2c1C. The van der Waals surface area contributed by atoms with Crippen LogP contribution in [-0.2, 0) is 6.54 Å². The summed E-state index contributed by atoms with van der Waals surface area (Å²) in [5.41, 5.74) is 4.69. The van der Waals surface area contributed by atoms with Gasteiger partial charge >= 0.3 is 0 Å². The Labute approximate surface area is 125 Å². The number of hydrogen-bond donors (Lipinski definition) is 1. The van der Waals surface area contributed by atoms with Gasteiger partial charge < -0.3 is 9.73 Å². The number of furan rings is 1. The molecule has 2 nitrogen and oxygen atoms in total. The summed E-state index contributed by atoms with van der Waals surface area (Å²) in [6.07, 6.45) is 1.14. The molecule has 1 heterocycles. The molecule has 0 unspecified atom stereocenters. The van der Waals surface area contributed by atoms with E-state index in [9.17, 15) is 0 Å². The van der Waals surface area contributed by atoms with Crippen LogP contribution in [0, 0.1) is 6.92 Å². The fourth-order valence-corrected chi connectivity index (χ4v) is 2.63. The van der Waals surface area contributed by atoms with Crippen molar-refractivity contribution in [1.82, 2.24) is 5.32 Å². The molecule has 1 aromatic heterocycles. The summed E-state index contributed by atoms with van der Waals surface area (Å²) in [7, 11) is 0. The van der Waals surface area contributed by atoms with E-state index in [0.717, 1.165) is 30.9 Å². The molecule has 0 saturated heterocycles. The van der Waals surface area contributed by atoms with Crippen molar-refractivity contribution in [3.05, 3.63) is 59.9 Å². The average molecular weight is 279 g/mol. The zero-order valence-electron chi connectivity index (χ0n) is 12.6. The molecule has 0 fully saturated rings. The van der Waals surface area contributed by atoms with Crippen LogP contribution in [0.3, 0.4) is 0 Å². The number of aryl methyl sites for hydroxylation is 1. The molecule has 3 rings (SSSR count). The summed E-state index contributed by atoms with van der Waals surface area (Å²) in [5, 5.41) is 4.62. The van der Waals surface area contributed by atoms with Crippen molar-refractivity contribution in [1.29, 1.82) is 0 Å². The van der Waals surface area contributed by atoms with E-state index in [1.165, 1.54) is 22.1 Å². The minimum Gasteiger partial charge on any atom is -0.459 e. The molecule has 0 saturated carbocycles. The number of benzene rings is 2. The summed E-state index contributed by atoms with van der Waals surface area (Å²) in [4.78, 5) is 0. The molecule has 0 aliphatic rings. The lowest BCUT2D eigenvalue weighted by molar-refractivity contribution is 0.510. The lowest BCUT2D eigenvalue weighted by Gasteiger charge is -2.01. The van der Waals surface area contributed by atoms with Crippen LogP contribution in [0.4, 0.5) is 0 Å². The zero-order chi connectivity index (χ0) is 14.7. The van der Waals surface area contributed by atoms with Crippen molar-refractivity contribution in [3.8, 4) is 11.1 Å². The average Bonchev–Trinajstić information content (AvgIpc) is 2.85. The summed E-state index contributed by atoms with van der Waals surface area (Å²) < 4.78 is 5.97. The Morgan fingerprint density at radius 1 is 1.00 bits per heavy atom. The van der Waals surface area contributed by atoms with Crippen molar-refractivity contribution < 1.29 is 4.42 Å². The fraction of sp³-hybridized carbons (Fsp3) is 0.263. The monoisotopic (exact) mass is 279 g/mol. The first-order valence-corrected chi connectivity index (χ1v) is 7.57. The van der Waals surface area contributed by atoms with E-state index >= 15 is 0 Å². The van der Waals surface area contributed by atoms with Gasteiger partial charge in [0.1, 0.15) is 11.3 Å². The molecule has 108 valence electrons. The molecule has 0 atom stereocenters. The van der Waals surface area contributed by atoms with Gasteiger partial charge in [0.15, 0.2) is 0 Å². The van der Waals surface area contributed by atoms with Crippen LogP contribution in [0.1, 0.15) is 24.7 Å². The predicted molar refractivity (Wildman–Crippen MR) is 88.4 cm³/mol. The van der Waals surface area contributed by atoms with E-state index in [0.29, 0.717) is 0 Å². The smallest absolute Gasteiger partial charge is 0.134 e. The minimum absolute atomic E-state index is 0.801. The molecular formula is C19H21NO. The minimum atomic E-state index is 0.801. The molecule has 21 heavy (non-hydrogen) atoms. The number of hydrogen-bond acceptors (Lipinski definition) is 2. The van der Waals surface area contributed by atoms with Crippen molar-refractivity contribution in [2.75, 3.05) is 6.54 Å². The molecule has 2 heteroatoms. The summed E-state index contributed by atoms with van der Waals surface area (Å²) in [6.45, 7) is 6.13. The highest BCUT2D eigenvalue weighted by atomic mass is 16.3. The Kier molecular flexibility index (Phi) is 4.07. The molecular weight excluding hydrogens is 258 g/mol. The Bertz CT molecular complexity index is 728. The second-order valence-corrected chi connectivity index (χ2v) is 5.40. The number of fused-ring (bicyclic) bond motifs is 1. The lowest BCUT2D eigenvalue weighted by Crippen LogP contribution is -2.13. The van der Waals surface area contributed by atoms with E-state index in [2.05, 4.69) is 61.6 Å². The molecule has 0 aliphatic carbocycles. The summed E-state index contributed by atoms with van der Waals surface area (Å²) in [5.74, 6) is 1.05. The van der Waals surface area contributed by atoms with Crippen molar-refractivity contribution in [3.63, 3.8) is 0 Å². The summed E-state index contributed by atoms with van der Waals surface area (Å²) in [6, 6.07) is 16.9. The first-order chi connectivity index (χ1) is 10.3. The third-order valence-electron chi connectivity index (χ3n) is 3.85. The van der Waals surface area contributed by atoms with Crippen LogP contribution in [-0.4, -0.2) is 6.54 Å². The van der Waals surface area contributed by atoms with Crippen molar-refractivity contribution in [2.24, 2.45) is 0 Å². The molecule has 0 spiro atoms. The maximum atomic E-state index is 5.97. The van der Waals surface area contributed by atoms with Gasteiger partial charge in [-0.15, -0.1) is 0 Å². The van der Waals surface area contributed by atoms with E-state index in [-0.39, 0.29) is 0 Å². The van der Waals surface area contributed by atoms with Gasteiger partial charge in [0.2, 0.25) is 0 Å². The van der Waals surface area contributed by atoms with Crippen LogP contribution in [0.5, 0.6) is 0 Å². The lowest BCUT2D eigenvalue weighted by atomic mass is 10.0. The van der Waals surface area contributed by atoms with E-state index in [1.807, 2.05) is 6.07 Å². The van der Waals surface area contributed by atoms with Crippen LogP contribution in [0.15, 0.2) is 52.9 Å². The molecule has 0 radical (unpaired) electrons. The molecule has 0 aliphatic heterocycles. The molecule has 2 aromatic carbocycles. The van der Waals surface area contributed by atoms with Gasteiger partial charge in [-0.25, -0.2) is 0 Å². The van der Waals surface area contributed by atoms with E-state index in [1.54, 1.807) is 0 Å². The Morgan fingerprint density at radius 3 is 2.57 bits per heavy atom. The van der Waals surface area contributed by atoms with Crippen LogP contribution < -0.4 is 5.32 Å². The number of nitrogens with one attached hydrogen (secondary N) is 1. The van der Waals surface area contributed by atoms with Gasteiger partial charge in [-0.3, -0.25) is 0 Å². The van der Waals surface area contributed by atoms with Gasteiger partial charge in [-0.2, -0.15) is 0 Å². The van der Waals surface area contributed by atoms with Gasteiger partial charge in [-0.1, -0.05) is 43.3 Å². The standard InChI is InChI=1S/C19H21NO/c1-3-11-20-13-19-14(2)17-12-16(9-10-18(17)21-19)15-7-5-4-6-8-15/h4-10,12,20H,3,11,13H2,1-2H3. The van der Waals surface area contributed by atoms with Crippen LogP contribution in [0.25, 0.3) is 22.1 Å². The Balaban J connectivity index is 1.96. The van der Waals surface area contributed by atoms with Crippen molar-refractivity contribution >= 4 is 11.0 Å². The quantitative estimate of drug-likeness (QED) is 0.671. The second-order valence-electron chi connectivity index (χ2n) is 5.40. The Hall–Kier alpha value is -2.06. The molecule has 1 N–H and O–H groups in total. The maximum Gasteiger partial charge on any atom is 0.134 e. The van der Waals surface area contributed by atoms with Gasteiger partial charge in [-0.05, 0) is 48.7 Å². The first-order valence-electron chi connectivity index (χ1n) is 7.57. The highest BCUT2D eigenvalue weighted by Crippen LogP contribution is 2.30. The highest BCUT2D eigenvalue weighted by Gasteiger charge is 2.11. The fourth-order valence-electron chi connectivity index (χ4n) is 2.63. The van der Waals surface area contributed by atoms with Crippen LogP contribution >= 0.6 is 0 Å². The zero-order valence-corrected chi connectivity index (χ0v) is 12.6. The van der Waals surface area contributed by atoms with Crippen molar-refractivity contribution in [2.45, 2.75) is 26.8 Å². The van der Waals surface area contributed by atoms with E-state index < -0.39 is 0 Å². The second kappa shape index (κ2) is 6.15. The third-order valence-corrected chi connectivity index (χ3v) is 3.85. The summed E-state index contributed by atoms with van der Waals surface area (Å²) >= 11 is 0. The molecule has 0 amide bonds. The Morgan fingerprint density at radius 2 is 1.81 bits per heavy atom. The van der Waals surface area contributed by atoms with Crippen LogP contribution in [0.2, 0.25) is 0 Å². The topological polar surface area (TPSA) is 25.2 Å². The first kappa shape index (κ1) is 13.9. The highest BCUT2D eigenvalue weighted by molar-refractivity contribution is 5.87. The normalized spacial score (nSPS) is 11.1. The maximum absolute atomic E-state index is 5.97. The largest absolute Gasteiger partial charge is 0.459 e. The van der Waals surface area contributed by atoms with Gasteiger partial charge in [0.25, 0.3) is 0 Å². The third kappa shape index (κ3) is 2.86. The van der Waals surface area contributed by atoms with Gasteiger partial charge in [0, 0.05) is 5.39 Å². The molecule has 3 aromatic rings. The van der Waals surface area contributed by atoms with Gasteiger partial charge in [0.05, 0.1) is 6.54 Å². The number of rotatable bonds is 5. The van der Waals surface area contributed by atoms with E-state index in [4.69, 9.17) is 4.42 Å². The predicted octanol–water partition coefficient (Wildman–Crippen LogP) is 4.91. The molecule has 0 bridgehead atoms.